The van der Waals surface area contributed by atoms with Gasteiger partial charge in [-0.2, -0.15) is 0 Å². The van der Waals surface area contributed by atoms with Crippen LogP contribution in [0.1, 0.15) is 18.4 Å². The van der Waals surface area contributed by atoms with Crippen LogP contribution in [0.4, 0.5) is 5.82 Å². The van der Waals surface area contributed by atoms with E-state index in [4.69, 9.17) is 0 Å². The zero-order valence-electron chi connectivity index (χ0n) is 14.1. The zero-order valence-corrected chi connectivity index (χ0v) is 14.1. The average molecular weight is 334 g/mol. The molecule has 2 aromatic rings. The fourth-order valence-corrected chi connectivity index (χ4v) is 4.03. The highest BCUT2D eigenvalue weighted by atomic mass is 16.2. The maximum absolute atomic E-state index is 12.5. The predicted molar refractivity (Wildman–Crippen MR) is 97.7 cm³/mol. The molecule has 2 fully saturated rings. The third-order valence-electron chi connectivity index (χ3n) is 5.28. The standard InChI is InChI=1S/C20H22N4O/c25-20(9-6-15-4-2-1-3-5-15)24-13-16-7-8-18(17(16)14-24)23-19-12-21-10-11-22-19/h1-6,9-12,16-18H,7-8,13-14H2,(H,22,23)/t16-,17+,18-/m1/s1. The van der Waals surface area contributed by atoms with Crippen LogP contribution in [0, 0.1) is 11.8 Å². The summed E-state index contributed by atoms with van der Waals surface area (Å²) in [6.07, 6.45) is 11.0. The number of fused-ring (bicyclic) bond motifs is 1. The molecule has 25 heavy (non-hydrogen) atoms. The Balaban J connectivity index is 1.37. The first-order chi connectivity index (χ1) is 12.3. The molecule has 1 aromatic carbocycles. The van der Waals surface area contributed by atoms with Crippen molar-refractivity contribution in [2.45, 2.75) is 18.9 Å². The molecule has 1 saturated heterocycles. The Morgan fingerprint density at radius 3 is 2.84 bits per heavy atom. The molecule has 5 nitrogen and oxygen atoms in total. The number of likely N-dealkylation sites (tertiary alicyclic amines) is 1. The molecule has 2 heterocycles. The van der Waals surface area contributed by atoms with E-state index >= 15 is 0 Å². The highest BCUT2D eigenvalue weighted by molar-refractivity contribution is 5.92. The number of hydrogen-bond acceptors (Lipinski definition) is 4. The molecule has 1 saturated carbocycles. The van der Waals surface area contributed by atoms with Crippen LogP contribution in [0.3, 0.4) is 0 Å². The lowest BCUT2D eigenvalue weighted by Crippen LogP contribution is -2.32. The monoisotopic (exact) mass is 334 g/mol. The van der Waals surface area contributed by atoms with Crippen LogP contribution in [0.5, 0.6) is 0 Å². The van der Waals surface area contributed by atoms with E-state index in [1.807, 2.05) is 41.3 Å². The molecule has 5 heteroatoms. The van der Waals surface area contributed by atoms with Crippen LogP contribution >= 0.6 is 0 Å². The van der Waals surface area contributed by atoms with Gasteiger partial charge in [0, 0.05) is 43.5 Å². The first kappa shape index (κ1) is 15.8. The van der Waals surface area contributed by atoms with Crippen LogP contribution in [-0.2, 0) is 4.79 Å². The van der Waals surface area contributed by atoms with Gasteiger partial charge < -0.3 is 10.2 Å². The minimum Gasteiger partial charge on any atom is -0.366 e. The summed E-state index contributed by atoms with van der Waals surface area (Å²) in [6, 6.07) is 10.3. The second-order valence-electron chi connectivity index (χ2n) is 6.83. The van der Waals surface area contributed by atoms with Gasteiger partial charge >= 0.3 is 0 Å². The highest BCUT2D eigenvalue weighted by Crippen LogP contribution is 2.39. The summed E-state index contributed by atoms with van der Waals surface area (Å²) in [5.74, 6) is 2.01. The molecular weight excluding hydrogens is 312 g/mol. The third kappa shape index (κ3) is 3.55. The molecule has 1 aliphatic heterocycles. The Kier molecular flexibility index (Phi) is 4.46. The molecule has 0 radical (unpaired) electrons. The zero-order chi connectivity index (χ0) is 17.1. The molecule has 3 atom stereocenters. The maximum atomic E-state index is 12.5. The molecule has 1 aromatic heterocycles. The Hall–Kier alpha value is -2.69. The molecule has 1 aliphatic carbocycles. The quantitative estimate of drug-likeness (QED) is 0.874. The second-order valence-corrected chi connectivity index (χ2v) is 6.83. The Bertz CT molecular complexity index is 747. The van der Waals surface area contributed by atoms with Gasteiger partial charge in [-0.25, -0.2) is 4.98 Å². The lowest BCUT2D eigenvalue weighted by atomic mass is 9.98. The fraction of sp³-hybridized carbons (Fsp3) is 0.350. The molecule has 0 unspecified atom stereocenters. The number of amides is 1. The third-order valence-corrected chi connectivity index (χ3v) is 5.28. The number of anilines is 1. The smallest absolute Gasteiger partial charge is 0.246 e. The van der Waals surface area contributed by atoms with E-state index in [1.165, 1.54) is 0 Å². The predicted octanol–water partition coefficient (Wildman–Crippen LogP) is 2.84. The van der Waals surface area contributed by atoms with E-state index in [-0.39, 0.29) is 5.91 Å². The second kappa shape index (κ2) is 7.05. The normalized spacial score (nSPS) is 25.3. The van der Waals surface area contributed by atoms with Crippen molar-refractivity contribution >= 4 is 17.8 Å². The molecule has 1 amide bonds. The van der Waals surface area contributed by atoms with Gasteiger partial charge in [0.25, 0.3) is 0 Å². The number of carbonyl (C=O) groups is 1. The van der Waals surface area contributed by atoms with Crippen LogP contribution in [0.2, 0.25) is 0 Å². The van der Waals surface area contributed by atoms with Crippen molar-refractivity contribution in [1.82, 2.24) is 14.9 Å². The maximum Gasteiger partial charge on any atom is 0.246 e. The molecule has 2 aliphatic rings. The number of nitrogens with one attached hydrogen (secondary N) is 1. The fourth-order valence-electron chi connectivity index (χ4n) is 4.03. The van der Waals surface area contributed by atoms with Crippen molar-refractivity contribution in [2.75, 3.05) is 18.4 Å². The van der Waals surface area contributed by atoms with E-state index < -0.39 is 0 Å². The summed E-state index contributed by atoms with van der Waals surface area (Å²) in [6.45, 7) is 1.68. The van der Waals surface area contributed by atoms with E-state index in [2.05, 4.69) is 15.3 Å². The SMILES string of the molecule is O=C(C=Cc1ccccc1)N1C[C@H]2CC[C@@H](Nc3cnccn3)[C@H]2C1. The first-order valence-corrected chi connectivity index (χ1v) is 8.84. The van der Waals surface area contributed by atoms with Gasteiger partial charge in [-0.3, -0.25) is 9.78 Å². The Morgan fingerprint density at radius 2 is 2.04 bits per heavy atom. The van der Waals surface area contributed by atoms with Crippen LogP contribution < -0.4 is 5.32 Å². The molecule has 128 valence electrons. The molecule has 0 spiro atoms. The summed E-state index contributed by atoms with van der Waals surface area (Å²) in [5, 5.41) is 3.50. The minimum atomic E-state index is 0.108. The molecule has 1 N–H and O–H groups in total. The van der Waals surface area contributed by atoms with Gasteiger partial charge in [-0.1, -0.05) is 30.3 Å². The summed E-state index contributed by atoms with van der Waals surface area (Å²) >= 11 is 0. The number of carbonyl (C=O) groups excluding carboxylic acids is 1. The lowest BCUT2D eigenvalue weighted by molar-refractivity contribution is -0.125. The van der Waals surface area contributed by atoms with Gasteiger partial charge in [-0.15, -0.1) is 0 Å². The van der Waals surface area contributed by atoms with E-state index in [9.17, 15) is 4.79 Å². The van der Waals surface area contributed by atoms with Crippen molar-refractivity contribution in [3.8, 4) is 0 Å². The highest BCUT2D eigenvalue weighted by Gasteiger charge is 2.43. The van der Waals surface area contributed by atoms with E-state index in [0.717, 1.165) is 37.3 Å². The first-order valence-electron chi connectivity index (χ1n) is 8.84. The Labute approximate surface area is 147 Å². The largest absolute Gasteiger partial charge is 0.366 e. The summed E-state index contributed by atoms with van der Waals surface area (Å²) < 4.78 is 0. The number of nitrogens with zero attached hydrogens (tertiary/aromatic N) is 3. The molecular formula is C20H22N4O. The van der Waals surface area contributed by atoms with Crippen molar-refractivity contribution in [1.29, 1.82) is 0 Å². The van der Waals surface area contributed by atoms with Gasteiger partial charge in [-0.05, 0) is 30.4 Å². The molecule has 0 bridgehead atoms. The van der Waals surface area contributed by atoms with Crippen molar-refractivity contribution < 1.29 is 4.79 Å². The van der Waals surface area contributed by atoms with E-state index in [1.54, 1.807) is 24.7 Å². The average Bonchev–Trinajstić information content (AvgIpc) is 3.24. The summed E-state index contributed by atoms with van der Waals surface area (Å²) in [7, 11) is 0. The lowest BCUT2D eigenvalue weighted by Gasteiger charge is -2.21. The van der Waals surface area contributed by atoms with Crippen LogP contribution in [-0.4, -0.2) is 39.9 Å². The van der Waals surface area contributed by atoms with Crippen molar-refractivity contribution in [3.05, 3.63) is 60.6 Å². The van der Waals surface area contributed by atoms with Crippen molar-refractivity contribution in [3.63, 3.8) is 0 Å². The van der Waals surface area contributed by atoms with Gasteiger partial charge in [0.1, 0.15) is 5.82 Å². The Morgan fingerprint density at radius 1 is 1.16 bits per heavy atom. The van der Waals surface area contributed by atoms with Gasteiger partial charge in [0.15, 0.2) is 0 Å². The summed E-state index contributed by atoms with van der Waals surface area (Å²) in [4.78, 5) is 22.9. The van der Waals surface area contributed by atoms with E-state index in [0.29, 0.717) is 17.9 Å². The van der Waals surface area contributed by atoms with Gasteiger partial charge in [0.2, 0.25) is 5.91 Å². The van der Waals surface area contributed by atoms with Crippen LogP contribution in [0.25, 0.3) is 6.08 Å². The van der Waals surface area contributed by atoms with Gasteiger partial charge in [0.05, 0.1) is 6.20 Å². The topological polar surface area (TPSA) is 58.1 Å². The number of rotatable bonds is 4. The molecule has 4 rings (SSSR count). The number of benzene rings is 1. The number of hydrogen-bond donors (Lipinski definition) is 1. The number of aromatic nitrogens is 2. The summed E-state index contributed by atoms with van der Waals surface area (Å²) in [5.41, 5.74) is 1.05. The minimum absolute atomic E-state index is 0.108. The van der Waals surface area contributed by atoms with Crippen molar-refractivity contribution in [2.24, 2.45) is 11.8 Å². The van der Waals surface area contributed by atoms with Crippen LogP contribution in [0.15, 0.2) is 55.0 Å².